The molecule has 0 radical (unpaired) electrons. The number of hydrogen-bond acceptors (Lipinski definition) is 2. The van der Waals surface area contributed by atoms with Gasteiger partial charge in [-0.15, -0.1) is 0 Å². The number of hydrogen-bond donors (Lipinski definition) is 0. The molecule has 4 nitrogen and oxygen atoms in total. The molecular weight excluding hydrogens is 216 g/mol. The molecule has 0 aromatic heterocycles. The maximum absolute atomic E-state index is 11.7. The van der Waals surface area contributed by atoms with E-state index in [1.54, 1.807) is 16.7 Å². The van der Waals surface area contributed by atoms with Crippen LogP contribution in [0.5, 0.6) is 0 Å². The number of rotatable bonds is 6. The van der Waals surface area contributed by atoms with E-state index in [2.05, 4.69) is 0 Å². The standard InChI is InChI=1S/C13H26N2O2/c1-10(2)14(6)13(17)8-7-9-15(11(3)4)12(5)16/h10-11H,7-9H2,1-6H3. The Balaban J connectivity index is 4.05. The molecule has 0 bridgehead atoms. The summed E-state index contributed by atoms with van der Waals surface area (Å²) in [7, 11) is 1.82. The van der Waals surface area contributed by atoms with Crippen LogP contribution in [0.2, 0.25) is 0 Å². The van der Waals surface area contributed by atoms with Crippen molar-refractivity contribution >= 4 is 11.8 Å². The first-order valence-electron chi connectivity index (χ1n) is 6.30. The molecule has 0 spiro atoms. The summed E-state index contributed by atoms with van der Waals surface area (Å²) in [6.45, 7) is 10.2. The second-order valence-corrected chi connectivity index (χ2v) is 5.01. The molecule has 0 N–H and O–H groups in total. The maximum Gasteiger partial charge on any atom is 0.222 e. The van der Waals surface area contributed by atoms with Gasteiger partial charge in [0.1, 0.15) is 0 Å². The summed E-state index contributed by atoms with van der Waals surface area (Å²) in [6, 6.07) is 0.432. The fraction of sp³-hybridized carbons (Fsp3) is 0.846. The maximum atomic E-state index is 11.7. The van der Waals surface area contributed by atoms with Crippen LogP contribution in [0.3, 0.4) is 0 Å². The van der Waals surface area contributed by atoms with Crippen LogP contribution in [0.1, 0.15) is 47.5 Å². The molecule has 0 aromatic carbocycles. The fourth-order valence-corrected chi connectivity index (χ4v) is 1.64. The normalized spacial score (nSPS) is 10.8. The van der Waals surface area contributed by atoms with E-state index in [4.69, 9.17) is 0 Å². The van der Waals surface area contributed by atoms with Crippen LogP contribution in [0.25, 0.3) is 0 Å². The van der Waals surface area contributed by atoms with Gasteiger partial charge < -0.3 is 9.80 Å². The lowest BCUT2D eigenvalue weighted by Gasteiger charge is -2.26. The third-order valence-electron chi connectivity index (χ3n) is 2.99. The van der Waals surface area contributed by atoms with E-state index in [0.29, 0.717) is 13.0 Å². The monoisotopic (exact) mass is 242 g/mol. The van der Waals surface area contributed by atoms with Crippen LogP contribution in [0, 0.1) is 0 Å². The van der Waals surface area contributed by atoms with E-state index < -0.39 is 0 Å². The Kier molecular flexibility index (Phi) is 6.85. The van der Waals surface area contributed by atoms with Crippen molar-refractivity contribution in [3.05, 3.63) is 0 Å². The van der Waals surface area contributed by atoms with Crippen molar-refractivity contribution in [3.63, 3.8) is 0 Å². The van der Waals surface area contributed by atoms with E-state index in [0.717, 1.165) is 6.42 Å². The Hall–Kier alpha value is -1.06. The molecule has 2 amide bonds. The van der Waals surface area contributed by atoms with E-state index >= 15 is 0 Å². The van der Waals surface area contributed by atoms with Crippen molar-refractivity contribution in [1.82, 2.24) is 9.80 Å². The van der Waals surface area contributed by atoms with Crippen LogP contribution in [-0.2, 0) is 9.59 Å². The molecule has 0 unspecified atom stereocenters. The van der Waals surface area contributed by atoms with Crippen molar-refractivity contribution < 1.29 is 9.59 Å². The molecule has 0 saturated carbocycles. The molecule has 0 heterocycles. The smallest absolute Gasteiger partial charge is 0.222 e. The number of nitrogens with zero attached hydrogens (tertiary/aromatic N) is 2. The molecular formula is C13H26N2O2. The summed E-state index contributed by atoms with van der Waals surface area (Å²) in [6.07, 6.45) is 1.23. The third-order valence-corrected chi connectivity index (χ3v) is 2.99. The number of amides is 2. The zero-order valence-corrected chi connectivity index (χ0v) is 12.0. The Morgan fingerprint density at radius 1 is 1.06 bits per heavy atom. The molecule has 0 fully saturated rings. The Morgan fingerprint density at radius 3 is 1.94 bits per heavy atom. The second kappa shape index (κ2) is 7.30. The molecule has 0 aliphatic carbocycles. The van der Waals surface area contributed by atoms with Gasteiger partial charge in [0.2, 0.25) is 11.8 Å². The first-order valence-corrected chi connectivity index (χ1v) is 6.30. The van der Waals surface area contributed by atoms with Crippen LogP contribution in [-0.4, -0.2) is 47.3 Å². The quantitative estimate of drug-likeness (QED) is 0.713. The summed E-state index contributed by atoms with van der Waals surface area (Å²) < 4.78 is 0. The summed E-state index contributed by atoms with van der Waals surface area (Å²) >= 11 is 0. The summed E-state index contributed by atoms with van der Waals surface area (Å²) in [5.74, 6) is 0.219. The van der Waals surface area contributed by atoms with Gasteiger partial charge in [-0.05, 0) is 34.1 Å². The average molecular weight is 242 g/mol. The van der Waals surface area contributed by atoms with Gasteiger partial charge in [0.25, 0.3) is 0 Å². The molecule has 0 rings (SSSR count). The molecule has 0 aliphatic heterocycles. The lowest BCUT2D eigenvalue weighted by molar-refractivity contribution is -0.133. The minimum absolute atomic E-state index is 0.0738. The minimum Gasteiger partial charge on any atom is -0.343 e. The van der Waals surface area contributed by atoms with Gasteiger partial charge in [-0.1, -0.05) is 0 Å². The van der Waals surface area contributed by atoms with Gasteiger partial charge in [-0.2, -0.15) is 0 Å². The van der Waals surface area contributed by atoms with Gasteiger partial charge in [0, 0.05) is 39.0 Å². The van der Waals surface area contributed by atoms with E-state index in [1.807, 2.05) is 34.7 Å². The molecule has 0 aliphatic rings. The van der Waals surface area contributed by atoms with Crippen LogP contribution in [0.15, 0.2) is 0 Å². The molecule has 0 aromatic rings. The van der Waals surface area contributed by atoms with Crippen molar-refractivity contribution in [3.8, 4) is 0 Å². The van der Waals surface area contributed by atoms with Gasteiger partial charge >= 0.3 is 0 Å². The molecule has 0 saturated heterocycles. The van der Waals surface area contributed by atoms with Crippen molar-refractivity contribution in [1.29, 1.82) is 0 Å². The van der Waals surface area contributed by atoms with Gasteiger partial charge in [0.15, 0.2) is 0 Å². The largest absolute Gasteiger partial charge is 0.343 e. The van der Waals surface area contributed by atoms with Crippen LogP contribution < -0.4 is 0 Å². The highest BCUT2D eigenvalue weighted by molar-refractivity contribution is 5.76. The predicted octanol–water partition coefficient (Wildman–Crippen LogP) is 1.89. The summed E-state index contributed by atoms with van der Waals surface area (Å²) in [4.78, 5) is 26.6. The first kappa shape index (κ1) is 15.9. The molecule has 4 heteroatoms. The lowest BCUT2D eigenvalue weighted by atomic mass is 10.2. The average Bonchev–Trinajstić information content (AvgIpc) is 2.21. The topological polar surface area (TPSA) is 40.6 Å². The fourth-order valence-electron chi connectivity index (χ4n) is 1.64. The SMILES string of the molecule is CC(=O)N(CCCC(=O)N(C)C(C)C)C(C)C. The Morgan fingerprint density at radius 2 is 1.59 bits per heavy atom. The number of carbonyl (C=O) groups excluding carboxylic acids is 2. The summed E-state index contributed by atoms with van der Waals surface area (Å²) in [5.41, 5.74) is 0. The van der Waals surface area contributed by atoms with Gasteiger partial charge in [-0.3, -0.25) is 9.59 Å². The highest BCUT2D eigenvalue weighted by atomic mass is 16.2. The molecule has 100 valence electrons. The zero-order chi connectivity index (χ0) is 13.6. The predicted molar refractivity (Wildman–Crippen MR) is 69.7 cm³/mol. The highest BCUT2D eigenvalue weighted by Crippen LogP contribution is 2.05. The van der Waals surface area contributed by atoms with Gasteiger partial charge in [0.05, 0.1) is 0 Å². The number of carbonyl (C=O) groups is 2. The minimum atomic E-state index is 0.0738. The van der Waals surface area contributed by atoms with E-state index in [-0.39, 0.29) is 23.9 Å². The molecule has 17 heavy (non-hydrogen) atoms. The van der Waals surface area contributed by atoms with Crippen LogP contribution >= 0.6 is 0 Å². The highest BCUT2D eigenvalue weighted by Gasteiger charge is 2.15. The second-order valence-electron chi connectivity index (χ2n) is 5.01. The van der Waals surface area contributed by atoms with Crippen LogP contribution in [0.4, 0.5) is 0 Å². The Bertz CT molecular complexity index is 262. The third kappa shape index (κ3) is 5.71. The van der Waals surface area contributed by atoms with Crippen molar-refractivity contribution in [2.24, 2.45) is 0 Å². The molecule has 0 atom stereocenters. The van der Waals surface area contributed by atoms with Crippen molar-refractivity contribution in [2.75, 3.05) is 13.6 Å². The van der Waals surface area contributed by atoms with Crippen molar-refractivity contribution in [2.45, 2.75) is 59.5 Å². The zero-order valence-electron chi connectivity index (χ0n) is 12.0. The summed E-state index contributed by atoms with van der Waals surface area (Å²) in [5, 5.41) is 0. The first-order chi connectivity index (χ1) is 7.77. The Labute approximate surface area is 105 Å². The lowest BCUT2D eigenvalue weighted by Crippen LogP contribution is -2.37. The van der Waals surface area contributed by atoms with E-state index in [1.165, 1.54) is 0 Å². The van der Waals surface area contributed by atoms with E-state index in [9.17, 15) is 9.59 Å². The van der Waals surface area contributed by atoms with Gasteiger partial charge in [-0.25, -0.2) is 0 Å².